The van der Waals surface area contributed by atoms with E-state index in [9.17, 15) is 19.8 Å². The van der Waals surface area contributed by atoms with E-state index in [-0.39, 0.29) is 18.5 Å². The molecule has 6 nitrogen and oxygen atoms in total. The molecule has 0 aliphatic heterocycles. The number of hydrogen-bond donors (Lipinski definition) is 3. The van der Waals surface area contributed by atoms with Crippen LogP contribution in [0.2, 0.25) is 0 Å². The van der Waals surface area contributed by atoms with Gasteiger partial charge in [-0.3, -0.25) is 9.59 Å². The van der Waals surface area contributed by atoms with E-state index in [1.165, 1.54) is 238 Å². The van der Waals surface area contributed by atoms with Gasteiger partial charge in [-0.2, -0.15) is 0 Å². The van der Waals surface area contributed by atoms with Gasteiger partial charge >= 0.3 is 5.97 Å². The van der Waals surface area contributed by atoms with E-state index in [1.54, 1.807) is 0 Å². The number of allylic oxidation sites excluding steroid dienone is 2. The fourth-order valence-electron chi connectivity index (χ4n) is 9.11. The predicted octanol–water partition coefficient (Wildman–Crippen LogP) is 17.7. The van der Waals surface area contributed by atoms with Crippen molar-refractivity contribution >= 4 is 11.9 Å². The molecule has 0 aromatic carbocycles. The average molecular weight is 905 g/mol. The standard InChI is InChI=1S/C58H113NO5/c1-3-5-7-9-11-13-15-17-19-21-23-28-32-36-40-44-48-52-58(63)64-53-49-45-41-37-33-29-25-24-27-31-35-39-43-47-51-57(62)59-55(54-60)56(61)50-46-42-38-34-30-26-22-20-18-16-14-12-10-8-6-4-2/h17,19,55-56,60-61H,3-16,18,20-54H2,1-2H3,(H,59,62)/b19-17-. The number of esters is 1. The second-order valence-electron chi connectivity index (χ2n) is 20.0. The highest BCUT2D eigenvalue weighted by atomic mass is 16.5. The maximum absolute atomic E-state index is 12.5. The summed E-state index contributed by atoms with van der Waals surface area (Å²) in [7, 11) is 0. The first-order valence-corrected chi connectivity index (χ1v) is 28.9. The van der Waals surface area contributed by atoms with E-state index in [1.807, 2.05) is 0 Å². The lowest BCUT2D eigenvalue weighted by Gasteiger charge is -2.22. The van der Waals surface area contributed by atoms with Gasteiger partial charge in [0.15, 0.2) is 0 Å². The number of ether oxygens (including phenoxy) is 1. The minimum atomic E-state index is -0.671. The van der Waals surface area contributed by atoms with Crippen molar-refractivity contribution in [1.82, 2.24) is 5.32 Å². The summed E-state index contributed by atoms with van der Waals surface area (Å²) >= 11 is 0. The van der Waals surface area contributed by atoms with E-state index in [0.717, 1.165) is 51.4 Å². The monoisotopic (exact) mass is 904 g/mol. The molecule has 0 spiro atoms. The summed E-state index contributed by atoms with van der Waals surface area (Å²) in [6.45, 7) is 4.94. The van der Waals surface area contributed by atoms with Gasteiger partial charge in [-0.15, -0.1) is 0 Å². The van der Waals surface area contributed by atoms with Crippen LogP contribution in [0.25, 0.3) is 0 Å². The molecule has 0 heterocycles. The van der Waals surface area contributed by atoms with Crippen molar-refractivity contribution in [3.63, 3.8) is 0 Å². The molecule has 2 atom stereocenters. The van der Waals surface area contributed by atoms with Crippen LogP contribution in [0.5, 0.6) is 0 Å². The molecule has 2 unspecified atom stereocenters. The molecule has 0 saturated heterocycles. The number of rotatable bonds is 54. The quantitative estimate of drug-likeness (QED) is 0.0321. The molecule has 0 bridgehead atoms. The van der Waals surface area contributed by atoms with E-state index in [4.69, 9.17) is 4.74 Å². The van der Waals surface area contributed by atoms with Gasteiger partial charge in [0.2, 0.25) is 5.91 Å². The van der Waals surface area contributed by atoms with Crippen molar-refractivity contribution < 1.29 is 24.5 Å². The molecular formula is C58H113NO5. The van der Waals surface area contributed by atoms with E-state index >= 15 is 0 Å². The first kappa shape index (κ1) is 62.6. The SMILES string of the molecule is CCCCCCCC/C=C\CCCCCCCCCC(=O)OCCCCCCCCCCCCCCCCC(=O)NC(CO)C(O)CCCCCCCCCCCCCCCCCC. The molecule has 0 aliphatic rings. The van der Waals surface area contributed by atoms with Crippen molar-refractivity contribution in [1.29, 1.82) is 0 Å². The van der Waals surface area contributed by atoms with Crippen LogP contribution in [0.4, 0.5) is 0 Å². The van der Waals surface area contributed by atoms with Gasteiger partial charge in [0.05, 0.1) is 25.4 Å². The maximum Gasteiger partial charge on any atom is 0.305 e. The second kappa shape index (κ2) is 54.2. The molecule has 64 heavy (non-hydrogen) atoms. The van der Waals surface area contributed by atoms with Crippen LogP contribution in [0.15, 0.2) is 12.2 Å². The summed E-state index contributed by atoms with van der Waals surface area (Å²) < 4.78 is 5.48. The minimum absolute atomic E-state index is 0.00471. The van der Waals surface area contributed by atoms with Crippen LogP contribution in [0.3, 0.4) is 0 Å². The van der Waals surface area contributed by atoms with Crippen molar-refractivity contribution in [3.8, 4) is 0 Å². The fourth-order valence-corrected chi connectivity index (χ4v) is 9.11. The lowest BCUT2D eigenvalue weighted by Crippen LogP contribution is -2.45. The Bertz CT molecular complexity index is 955. The molecule has 0 aromatic heterocycles. The Morgan fingerprint density at radius 1 is 0.422 bits per heavy atom. The Morgan fingerprint density at radius 3 is 1.11 bits per heavy atom. The Kier molecular flexibility index (Phi) is 53.0. The van der Waals surface area contributed by atoms with E-state index in [0.29, 0.717) is 25.9 Å². The third-order valence-corrected chi connectivity index (χ3v) is 13.6. The number of aliphatic hydroxyl groups excluding tert-OH is 2. The predicted molar refractivity (Wildman–Crippen MR) is 278 cm³/mol. The van der Waals surface area contributed by atoms with Gasteiger partial charge in [-0.25, -0.2) is 0 Å². The summed E-state index contributed by atoms with van der Waals surface area (Å²) in [4.78, 5) is 24.5. The summed E-state index contributed by atoms with van der Waals surface area (Å²) in [5.74, 6) is -0.0479. The zero-order valence-electron chi connectivity index (χ0n) is 43.3. The van der Waals surface area contributed by atoms with Crippen LogP contribution in [0.1, 0.15) is 322 Å². The largest absolute Gasteiger partial charge is 0.466 e. The highest BCUT2D eigenvalue weighted by Gasteiger charge is 2.20. The highest BCUT2D eigenvalue weighted by Crippen LogP contribution is 2.17. The van der Waals surface area contributed by atoms with E-state index < -0.39 is 12.1 Å². The third kappa shape index (κ3) is 50.0. The summed E-state index contributed by atoms with van der Waals surface area (Å²) in [5, 5.41) is 23.3. The zero-order valence-corrected chi connectivity index (χ0v) is 43.3. The molecule has 0 aliphatic carbocycles. The molecule has 3 N–H and O–H groups in total. The number of carbonyl (C=O) groups excluding carboxylic acids is 2. The molecule has 0 aromatic rings. The van der Waals surface area contributed by atoms with Gasteiger partial charge in [0.25, 0.3) is 0 Å². The Morgan fingerprint density at radius 2 is 0.734 bits per heavy atom. The maximum atomic E-state index is 12.5. The first-order chi connectivity index (χ1) is 31.5. The van der Waals surface area contributed by atoms with Crippen molar-refractivity contribution in [3.05, 3.63) is 12.2 Å². The summed E-state index contributed by atoms with van der Waals surface area (Å²) in [6.07, 6.45) is 63.3. The van der Waals surface area contributed by atoms with Crippen LogP contribution in [-0.2, 0) is 14.3 Å². The topological polar surface area (TPSA) is 95.9 Å². The Hall–Kier alpha value is -1.40. The lowest BCUT2D eigenvalue weighted by molar-refractivity contribution is -0.143. The highest BCUT2D eigenvalue weighted by molar-refractivity contribution is 5.76. The van der Waals surface area contributed by atoms with Crippen LogP contribution in [-0.4, -0.2) is 47.4 Å². The van der Waals surface area contributed by atoms with Gasteiger partial charge in [-0.05, 0) is 51.4 Å². The number of hydrogen-bond acceptors (Lipinski definition) is 5. The smallest absolute Gasteiger partial charge is 0.305 e. The second-order valence-corrected chi connectivity index (χ2v) is 20.0. The molecule has 0 rings (SSSR count). The third-order valence-electron chi connectivity index (χ3n) is 13.6. The van der Waals surface area contributed by atoms with Gasteiger partial charge in [0, 0.05) is 12.8 Å². The van der Waals surface area contributed by atoms with Gasteiger partial charge in [0.1, 0.15) is 0 Å². The zero-order chi connectivity index (χ0) is 46.5. The first-order valence-electron chi connectivity index (χ1n) is 28.9. The van der Waals surface area contributed by atoms with Crippen molar-refractivity contribution in [2.45, 2.75) is 334 Å². The normalized spacial score (nSPS) is 12.6. The molecule has 1 amide bonds. The van der Waals surface area contributed by atoms with Crippen molar-refractivity contribution in [2.24, 2.45) is 0 Å². The van der Waals surface area contributed by atoms with Gasteiger partial charge < -0.3 is 20.3 Å². The fraction of sp³-hybridized carbons (Fsp3) is 0.931. The molecule has 380 valence electrons. The molecule has 0 fully saturated rings. The Balaban J connectivity index is 3.42. The Labute approximate surface area is 399 Å². The lowest BCUT2D eigenvalue weighted by atomic mass is 10.0. The number of unbranched alkanes of at least 4 members (excludes halogenated alkanes) is 41. The molecular weight excluding hydrogens is 791 g/mol. The number of amides is 1. The number of nitrogens with one attached hydrogen (secondary N) is 1. The minimum Gasteiger partial charge on any atom is -0.466 e. The van der Waals surface area contributed by atoms with Gasteiger partial charge in [-0.1, -0.05) is 270 Å². The number of aliphatic hydroxyl groups is 2. The molecule has 0 saturated carbocycles. The average Bonchev–Trinajstić information content (AvgIpc) is 3.29. The molecule has 0 radical (unpaired) electrons. The molecule has 6 heteroatoms. The van der Waals surface area contributed by atoms with Crippen LogP contribution < -0.4 is 5.32 Å². The van der Waals surface area contributed by atoms with E-state index in [2.05, 4.69) is 31.3 Å². The van der Waals surface area contributed by atoms with Crippen LogP contribution >= 0.6 is 0 Å². The summed E-state index contributed by atoms with van der Waals surface area (Å²) in [5.41, 5.74) is 0. The summed E-state index contributed by atoms with van der Waals surface area (Å²) in [6, 6.07) is -0.549. The van der Waals surface area contributed by atoms with Crippen LogP contribution in [0, 0.1) is 0 Å². The van der Waals surface area contributed by atoms with Crippen molar-refractivity contribution in [2.75, 3.05) is 13.2 Å². The number of carbonyl (C=O) groups is 2.